The topological polar surface area (TPSA) is 67.9 Å². The Morgan fingerprint density at radius 2 is 1.72 bits per heavy atom. The fourth-order valence-electron chi connectivity index (χ4n) is 2.46. The quantitative estimate of drug-likeness (QED) is 0.815. The predicted molar refractivity (Wildman–Crippen MR) is 84.8 cm³/mol. The zero-order valence-electron chi connectivity index (χ0n) is 14.0. The lowest BCUT2D eigenvalue weighted by molar-refractivity contribution is -0.274. The molecule has 0 atom stereocenters. The number of hydrogen-bond donors (Lipinski definition) is 1. The van der Waals surface area contributed by atoms with Crippen LogP contribution in [0.2, 0.25) is 0 Å². The highest BCUT2D eigenvalue weighted by molar-refractivity contribution is 7.89. The van der Waals surface area contributed by atoms with E-state index in [0.717, 1.165) is 24.3 Å². The Balaban J connectivity index is 2.01. The van der Waals surface area contributed by atoms with Crippen molar-refractivity contribution in [3.8, 4) is 5.75 Å². The fourth-order valence-corrected chi connectivity index (χ4v) is 3.66. The highest BCUT2D eigenvalue weighted by Gasteiger charge is 2.32. The Morgan fingerprint density at radius 3 is 2.24 bits per heavy atom. The van der Waals surface area contributed by atoms with Crippen molar-refractivity contribution >= 4 is 10.0 Å². The molecule has 1 heterocycles. The number of nitrogens with zero attached hydrogens (tertiary/aromatic N) is 1. The average Bonchev–Trinajstić information content (AvgIpc) is 2.53. The maximum Gasteiger partial charge on any atom is 0.573 e. The van der Waals surface area contributed by atoms with Gasteiger partial charge in [0.2, 0.25) is 10.0 Å². The van der Waals surface area contributed by atoms with E-state index >= 15 is 0 Å². The van der Waals surface area contributed by atoms with Crippen LogP contribution in [0.15, 0.2) is 29.2 Å². The molecule has 0 aliphatic carbocycles. The Hall–Kier alpha value is -1.36. The summed E-state index contributed by atoms with van der Waals surface area (Å²) >= 11 is 0. The Kier molecular flexibility index (Phi) is 5.97. The number of benzene rings is 1. The van der Waals surface area contributed by atoms with E-state index in [9.17, 15) is 21.6 Å². The zero-order chi connectivity index (χ0) is 18.7. The van der Waals surface area contributed by atoms with Crippen LogP contribution < -0.4 is 9.46 Å². The summed E-state index contributed by atoms with van der Waals surface area (Å²) in [6.45, 7) is 6.60. The Bertz CT molecular complexity index is 669. The predicted octanol–water partition coefficient (Wildman–Crippen LogP) is 1.97. The summed E-state index contributed by atoms with van der Waals surface area (Å²) in [5.74, 6) is -0.472. The molecular weight excluding hydrogens is 361 g/mol. The van der Waals surface area contributed by atoms with Crippen molar-refractivity contribution in [3.05, 3.63) is 24.3 Å². The van der Waals surface area contributed by atoms with Crippen molar-refractivity contribution in [2.75, 3.05) is 32.8 Å². The first-order valence-electron chi connectivity index (χ1n) is 7.68. The molecule has 1 aromatic rings. The van der Waals surface area contributed by atoms with E-state index < -0.39 is 27.7 Å². The minimum atomic E-state index is -4.82. The van der Waals surface area contributed by atoms with Crippen LogP contribution in [0.5, 0.6) is 5.75 Å². The maximum atomic E-state index is 12.3. The van der Waals surface area contributed by atoms with Gasteiger partial charge in [0.15, 0.2) is 0 Å². The van der Waals surface area contributed by atoms with Crippen LogP contribution in [-0.2, 0) is 14.8 Å². The molecule has 1 fully saturated rings. The molecule has 142 valence electrons. The summed E-state index contributed by atoms with van der Waals surface area (Å²) in [6, 6.07) is 4.08. The van der Waals surface area contributed by atoms with Gasteiger partial charge in [0, 0.05) is 25.2 Å². The third kappa shape index (κ3) is 5.84. The Labute approximate surface area is 145 Å². The normalized spacial score (nSPS) is 17.5. The lowest BCUT2D eigenvalue weighted by atomic mass is 10.0. The number of rotatable bonds is 6. The molecule has 1 aromatic carbocycles. The molecule has 0 radical (unpaired) electrons. The molecule has 6 nitrogen and oxygen atoms in total. The number of nitrogens with one attached hydrogen (secondary N) is 1. The van der Waals surface area contributed by atoms with Gasteiger partial charge in [-0.15, -0.1) is 13.2 Å². The number of alkyl halides is 3. The molecule has 1 aliphatic rings. The third-order valence-electron chi connectivity index (χ3n) is 3.93. The molecule has 0 unspecified atom stereocenters. The van der Waals surface area contributed by atoms with Gasteiger partial charge in [0.05, 0.1) is 18.1 Å². The van der Waals surface area contributed by atoms with E-state index in [1.165, 1.54) is 0 Å². The van der Waals surface area contributed by atoms with Gasteiger partial charge in [-0.2, -0.15) is 0 Å². The minimum Gasteiger partial charge on any atom is -0.406 e. The molecule has 0 amide bonds. The first-order chi connectivity index (χ1) is 11.5. The van der Waals surface area contributed by atoms with E-state index in [0.29, 0.717) is 26.3 Å². The summed E-state index contributed by atoms with van der Waals surface area (Å²) < 4.78 is 72.6. The first-order valence-corrected chi connectivity index (χ1v) is 9.16. The molecule has 1 saturated heterocycles. The molecular formula is C15H21F3N2O4S. The van der Waals surface area contributed by atoms with Crippen molar-refractivity contribution < 1.29 is 31.1 Å². The van der Waals surface area contributed by atoms with Crippen molar-refractivity contribution in [1.29, 1.82) is 0 Å². The number of ether oxygens (including phenoxy) is 2. The number of halogens is 3. The summed E-state index contributed by atoms with van der Waals surface area (Å²) in [4.78, 5) is 2.00. The minimum absolute atomic E-state index is 0.125. The smallest absolute Gasteiger partial charge is 0.406 e. The summed E-state index contributed by atoms with van der Waals surface area (Å²) in [7, 11) is -3.84. The van der Waals surface area contributed by atoms with Gasteiger partial charge in [-0.3, -0.25) is 4.90 Å². The van der Waals surface area contributed by atoms with E-state index in [4.69, 9.17) is 4.74 Å². The van der Waals surface area contributed by atoms with Crippen LogP contribution >= 0.6 is 0 Å². The number of sulfonamides is 1. The molecule has 0 aromatic heterocycles. The molecule has 25 heavy (non-hydrogen) atoms. The van der Waals surface area contributed by atoms with Crippen LogP contribution in [-0.4, -0.2) is 58.1 Å². The van der Waals surface area contributed by atoms with Crippen LogP contribution in [0.3, 0.4) is 0 Å². The standard InChI is InChI=1S/C15H21F3N2O4S/c1-14(2,20-7-9-23-10-8-20)11-19-25(21,22)13-5-3-12(4-6-13)24-15(16,17)18/h3-6,19H,7-11H2,1-2H3. The van der Waals surface area contributed by atoms with Crippen molar-refractivity contribution in [2.24, 2.45) is 0 Å². The van der Waals surface area contributed by atoms with E-state index in [1.54, 1.807) is 0 Å². The van der Waals surface area contributed by atoms with Crippen molar-refractivity contribution in [2.45, 2.75) is 30.6 Å². The summed E-state index contributed by atoms with van der Waals surface area (Å²) in [5.41, 5.74) is -0.420. The SMILES string of the molecule is CC(C)(CNS(=O)(=O)c1ccc(OC(F)(F)F)cc1)N1CCOCC1. The van der Waals surface area contributed by atoms with Gasteiger partial charge in [0.1, 0.15) is 5.75 Å². The van der Waals surface area contributed by atoms with Crippen molar-refractivity contribution in [1.82, 2.24) is 9.62 Å². The highest BCUT2D eigenvalue weighted by Crippen LogP contribution is 2.24. The van der Waals surface area contributed by atoms with E-state index in [1.807, 2.05) is 13.8 Å². The fraction of sp³-hybridized carbons (Fsp3) is 0.600. The Morgan fingerprint density at radius 1 is 1.16 bits per heavy atom. The van der Waals surface area contributed by atoms with Gasteiger partial charge in [-0.1, -0.05) is 0 Å². The van der Waals surface area contributed by atoms with Crippen LogP contribution in [0.4, 0.5) is 13.2 Å². The van der Waals surface area contributed by atoms with E-state index in [-0.39, 0.29) is 11.4 Å². The van der Waals surface area contributed by atoms with Gasteiger partial charge in [-0.05, 0) is 38.1 Å². The monoisotopic (exact) mass is 382 g/mol. The highest BCUT2D eigenvalue weighted by atomic mass is 32.2. The molecule has 0 spiro atoms. The van der Waals surface area contributed by atoms with Crippen LogP contribution in [0.1, 0.15) is 13.8 Å². The lowest BCUT2D eigenvalue weighted by Crippen LogP contribution is -2.55. The summed E-state index contributed by atoms with van der Waals surface area (Å²) in [6.07, 6.45) is -4.82. The zero-order valence-corrected chi connectivity index (χ0v) is 14.8. The van der Waals surface area contributed by atoms with Crippen LogP contribution in [0.25, 0.3) is 0 Å². The van der Waals surface area contributed by atoms with Crippen LogP contribution in [0, 0.1) is 0 Å². The summed E-state index contributed by atoms with van der Waals surface area (Å²) in [5, 5.41) is 0. The third-order valence-corrected chi connectivity index (χ3v) is 5.35. The van der Waals surface area contributed by atoms with Gasteiger partial charge in [-0.25, -0.2) is 13.1 Å². The molecule has 10 heteroatoms. The largest absolute Gasteiger partial charge is 0.573 e. The average molecular weight is 382 g/mol. The second-order valence-corrected chi connectivity index (χ2v) is 8.02. The first kappa shape index (κ1) is 20.0. The van der Waals surface area contributed by atoms with Gasteiger partial charge < -0.3 is 9.47 Å². The second-order valence-electron chi connectivity index (χ2n) is 6.26. The van der Waals surface area contributed by atoms with E-state index in [2.05, 4.69) is 14.4 Å². The molecule has 1 aliphatic heterocycles. The maximum absolute atomic E-state index is 12.3. The molecule has 1 N–H and O–H groups in total. The van der Waals surface area contributed by atoms with Gasteiger partial charge >= 0.3 is 6.36 Å². The molecule has 0 bridgehead atoms. The van der Waals surface area contributed by atoms with Crippen molar-refractivity contribution in [3.63, 3.8) is 0 Å². The van der Waals surface area contributed by atoms with Gasteiger partial charge in [0.25, 0.3) is 0 Å². The number of hydrogen-bond acceptors (Lipinski definition) is 5. The lowest BCUT2D eigenvalue weighted by Gasteiger charge is -2.40. The second kappa shape index (κ2) is 7.48. The number of morpholine rings is 1. The molecule has 0 saturated carbocycles. The molecule has 2 rings (SSSR count).